The second-order valence-electron chi connectivity index (χ2n) is 10.1. The predicted molar refractivity (Wildman–Crippen MR) is 120 cm³/mol. The molecule has 1 fully saturated rings. The minimum atomic E-state index is -0.488. The van der Waals surface area contributed by atoms with Crippen LogP contribution in [0.5, 0.6) is 0 Å². The van der Waals surface area contributed by atoms with E-state index in [0.29, 0.717) is 18.9 Å². The molecule has 2 amide bonds. The summed E-state index contributed by atoms with van der Waals surface area (Å²) in [5, 5.41) is 1.09. The van der Waals surface area contributed by atoms with Crippen molar-refractivity contribution >= 4 is 23.0 Å². The van der Waals surface area contributed by atoms with Crippen LogP contribution in [0.1, 0.15) is 56.7 Å². The molecule has 168 valence electrons. The van der Waals surface area contributed by atoms with E-state index in [0.717, 1.165) is 55.3 Å². The van der Waals surface area contributed by atoms with Crippen molar-refractivity contribution in [3.63, 3.8) is 0 Å². The van der Waals surface area contributed by atoms with Crippen LogP contribution in [0.15, 0.2) is 22.8 Å². The number of ether oxygens (including phenoxy) is 1. The highest BCUT2D eigenvalue weighted by Crippen LogP contribution is 2.31. The molecule has 0 unspecified atom stereocenters. The van der Waals surface area contributed by atoms with Crippen molar-refractivity contribution in [3.05, 3.63) is 35.1 Å². The Morgan fingerprint density at radius 2 is 1.84 bits per heavy atom. The Bertz CT molecular complexity index is 964. The lowest BCUT2D eigenvalue weighted by Crippen LogP contribution is -2.43. The van der Waals surface area contributed by atoms with Gasteiger partial charge >= 0.3 is 6.09 Å². The summed E-state index contributed by atoms with van der Waals surface area (Å²) >= 11 is 0. The number of nitrogens with zero attached hydrogens (tertiary/aromatic N) is 2. The Morgan fingerprint density at radius 1 is 1.16 bits per heavy atom. The van der Waals surface area contributed by atoms with Gasteiger partial charge in [0.15, 0.2) is 0 Å². The first-order chi connectivity index (χ1) is 14.7. The molecule has 0 N–H and O–H groups in total. The van der Waals surface area contributed by atoms with Gasteiger partial charge in [0.05, 0.1) is 12.7 Å². The molecule has 1 aromatic carbocycles. The minimum Gasteiger partial charge on any atom is -0.464 e. The summed E-state index contributed by atoms with van der Waals surface area (Å²) < 4.78 is 11.2. The maximum atomic E-state index is 12.9. The topological polar surface area (TPSA) is 63.0 Å². The molecular formula is C25H34N2O4. The molecule has 2 aliphatic rings. The lowest BCUT2D eigenvalue weighted by atomic mass is 9.95. The first-order valence-electron chi connectivity index (χ1n) is 11.4. The lowest BCUT2D eigenvalue weighted by molar-refractivity contribution is -0.131. The van der Waals surface area contributed by atoms with Gasteiger partial charge in [-0.1, -0.05) is 0 Å². The number of fused-ring (bicyclic) bond motifs is 2. The van der Waals surface area contributed by atoms with Crippen molar-refractivity contribution in [1.82, 2.24) is 9.80 Å². The maximum Gasteiger partial charge on any atom is 0.410 e. The summed E-state index contributed by atoms with van der Waals surface area (Å²) in [4.78, 5) is 28.7. The molecule has 31 heavy (non-hydrogen) atoms. The maximum absolute atomic E-state index is 12.9. The van der Waals surface area contributed by atoms with Gasteiger partial charge in [-0.05, 0) is 82.1 Å². The Kier molecular flexibility index (Phi) is 6.00. The zero-order valence-corrected chi connectivity index (χ0v) is 19.2. The van der Waals surface area contributed by atoms with E-state index in [1.165, 1.54) is 17.5 Å². The number of likely N-dealkylation sites (tertiary alicyclic amines) is 1. The number of benzene rings is 1. The highest BCUT2D eigenvalue weighted by Gasteiger charge is 2.27. The Balaban J connectivity index is 1.30. The molecule has 0 bridgehead atoms. The molecule has 1 aliphatic carbocycles. The number of furan rings is 1. The largest absolute Gasteiger partial charge is 0.464 e. The van der Waals surface area contributed by atoms with Gasteiger partial charge < -0.3 is 19.0 Å². The van der Waals surface area contributed by atoms with Gasteiger partial charge in [0.1, 0.15) is 11.2 Å². The van der Waals surface area contributed by atoms with Crippen molar-refractivity contribution < 1.29 is 18.7 Å². The third-order valence-electron chi connectivity index (χ3n) is 6.41. The van der Waals surface area contributed by atoms with Crippen molar-refractivity contribution in [1.29, 1.82) is 0 Å². The number of carbonyl (C=O) groups excluding carboxylic acids is 2. The fourth-order valence-corrected chi connectivity index (χ4v) is 4.73. The predicted octanol–water partition coefficient (Wildman–Crippen LogP) is 4.57. The van der Waals surface area contributed by atoms with Gasteiger partial charge in [-0.3, -0.25) is 4.79 Å². The van der Waals surface area contributed by atoms with Crippen LogP contribution in [-0.2, 0) is 28.8 Å². The molecule has 1 aromatic heterocycles. The van der Waals surface area contributed by atoms with E-state index >= 15 is 0 Å². The van der Waals surface area contributed by atoms with Crippen molar-refractivity contribution in [2.24, 2.45) is 5.92 Å². The molecule has 0 saturated carbocycles. The van der Waals surface area contributed by atoms with Gasteiger partial charge in [0.2, 0.25) is 5.91 Å². The highest BCUT2D eigenvalue weighted by atomic mass is 16.6. The summed E-state index contributed by atoms with van der Waals surface area (Å²) in [6.45, 7) is 7.75. The molecule has 2 heterocycles. The number of carbonyl (C=O) groups is 2. The number of hydrogen-bond donors (Lipinski definition) is 0. The summed E-state index contributed by atoms with van der Waals surface area (Å²) in [6.07, 6.45) is 7.09. The number of piperidine rings is 1. The molecule has 6 heteroatoms. The van der Waals surface area contributed by atoms with E-state index in [1.54, 1.807) is 18.2 Å². The van der Waals surface area contributed by atoms with Crippen molar-refractivity contribution in [2.45, 2.75) is 64.9 Å². The van der Waals surface area contributed by atoms with E-state index < -0.39 is 5.60 Å². The van der Waals surface area contributed by atoms with E-state index in [2.05, 4.69) is 12.1 Å². The lowest BCUT2D eigenvalue weighted by Gasteiger charge is -2.34. The summed E-state index contributed by atoms with van der Waals surface area (Å²) in [5.74, 6) is 0.543. The SMILES string of the molecule is CN(CC1CCN(C(=O)Cc2coc3cc4c(cc23)CCC4)CC1)C(=O)OC(C)(C)C. The summed E-state index contributed by atoms with van der Waals surface area (Å²) in [7, 11) is 1.78. The van der Waals surface area contributed by atoms with Crippen LogP contribution in [0.3, 0.4) is 0 Å². The fourth-order valence-electron chi connectivity index (χ4n) is 4.73. The van der Waals surface area contributed by atoms with Crippen LogP contribution in [0.4, 0.5) is 4.79 Å². The smallest absolute Gasteiger partial charge is 0.410 e. The monoisotopic (exact) mass is 426 g/mol. The molecule has 1 aliphatic heterocycles. The Labute approximate surface area is 184 Å². The Hall–Kier alpha value is -2.50. The molecule has 0 spiro atoms. The average Bonchev–Trinajstić information content (AvgIpc) is 3.32. The first kappa shape index (κ1) is 21.7. The molecule has 2 aromatic rings. The van der Waals surface area contributed by atoms with Crippen molar-refractivity contribution in [3.8, 4) is 0 Å². The second kappa shape index (κ2) is 8.56. The van der Waals surface area contributed by atoms with Gasteiger partial charge in [0.25, 0.3) is 0 Å². The number of aryl methyl sites for hydroxylation is 2. The van der Waals surface area contributed by atoms with Crippen LogP contribution in [0, 0.1) is 5.92 Å². The third-order valence-corrected chi connectivity index (χ3v) is 6.41. The van der Waals surface area contributed by atoms with Gasteiger partial charge in [0, 0.05) is 37.6 Å². The van der Waals surface area contributed by atoms with E-state index in [4.69, 9.17) is 9.15 Å². The van der Waals surface area contributed by atoms with E-state index in [1.807, 2.05) is 25.7 Å². The molecule has 1 saturated heterocycles. The molecule has 0 atom stereocenters. The fraction of sp³-hybridized carbons (Fsp3) is 0.600. The molecule has 4 rings (SSSR count). The number of rotatable bonds is 4. The van der Waals surface area contributed by atoms with Gasteiger partial charge in [-0.2, -0.15) is 0 Å². The summed E-state index contributed by atoms with van der Waals surface area (Å²) in [6, 6.07) is 4.38. The molecule has 0 radical (unpaired) electrons. The van der Waals surface area contributed by atoms with Crippen LogP contribution in [-0.4, -0.2) is 54.1 Å². The minimum absolute atomic E-state index is 0.155. The van der Waals surface area contributed by atoms with Crippen LogP contribution in [0.25, 0.3) is 11.0 Å². The first-order valence-corrected chi connectivity index (χ1v) is 11.4. The quantitative estimate of drug-likeness (QED) is 0.718. The summed E-state index contributed by atoms with van der Waals surface area (Å²) in [5.41, 5.74) is 4.18. The van der Waals surface area contributed by atoms with E-state index in [-0.39, 0.29) is 12.0 Å². The zero-order valence-electron chi connectivity index (χ0n) is 19.2. The van der Waals surface area contributed by atoms with Gasteiger partial charge in [-0.25, -0.2) is 4.79 Å². The third kappa shape index (κ3) is 5.05. The molecular weight excluding hydrogens is 392 g/mol. The van der Waals surface area contributed by atoms with Crippen LogP contribution in [0.2, 0.25) is 0 Å². The highest BCUT2D eigenvalue weighted by molar-refractivity contribution is 5.88. The normalized spacial score (nSPS) is 17.1. The zero-order chi connectivity index (χ0) is 22.2. The number of hydrogen-bond acceptors (Lipinski definition) is 4. The number of amides is 2. The van der Waals surface area contributed by atoms with Gasteiger partial charge in [-0.15, -0.1) is 0 Å². The van der Waals surface area contributed by atoms with Crippen LogP contribution >= 0.6 is 0 Å². The van der Waals surface area contributed by atoms with E-state index in [9.17, 15) is 9.59 Å². The Morgan fingerprint density at radius 3 is 2.52 bits per heavy atom. The van der Waals surface area contributed by atoms with Crippen molar-refractivity contribution in [2.75, 3.05) is 26.7 Å². The van der Waals surface area contributed by atoms with Crippen LogP contribution < -0.4 is 0 Å². The average molecular weight is 427 g/mol. The molecule has 6 nitrogen and oxygen atoms in total. The second-order valence-corrected chi connectivity index (χ2v) is 10.1. The standard InChI is InChI=1S/C25H34N2O4/c1-25(2,3)31-24(29)26(4)15-17-8-10-27(11-9-17)23(28)14-20-16-30-22-13-19-7-5-6-18(19)12-21(20)22/h12-13,16-17H,5-11,14-15H2,1-4H3.